The molecule has 22 heavy (non-hydrogen) atoms. The monoisotopic (exact) mass is 426 g/mol. The minimum Gasteiger partial charge on any atom is -0.383 e. The number of halogens is 1. The van der Waals surface area contributed by atoms with Gasteiger partial charge in [-0.15, -0.1) is 24.0 Å². The largest absolute Gasteiger partial charge is 0.383 e. The van der Waals surface area contributed by atoms with Gasteiger partial charge >= 0.3 is 0 Å². The van der Waals surface area contributed by atoms with Crippen molar-refractivity contribution in [1.29, 1.82) is 0 Å². The third-order valence-electron chi connectivity index (χ3n) is 3.96. The molecule has 0 radical (unpaired) electrons. The Morgan fingerprint density at radius 2 is 2.18 bits per heavy atom. The maximum absolute atomic E-state index is 5.15. The van der Waals surface area contributed by atoms with Crippen molar-refractivity contribution in [2.45, 2.75) is 58.5 Å². The Bertz CT molecular complexity index is 302. The molecule has 5 nitrogen and oxygen atoms in total. The lowest BCUT2D eigenvalue weighted by Crippen LogP contribution is -2.44. The summed E-state index contributed by atoms with van der Waals surface area (Å²) in [5, 5.41) is 6.66. The molecule has 1 saturated heterocycles. The van der Waals surface area contributed by atoms with Crippen LogP contribution in [-0.4, -0.2) is 62.8 Å². The summed E-state index contributed by atoms with van der Waals surface area (Å²) in [6.45, 7) is 11.4. The zero-order chi connectivity index (χ0) is 15.5. The Balaban J connectivity index is 0.00000441. The fraction of sp³-hybridized carbons (Fsp3) is 0.938. The zero-order valence-electron chi connectivity index (χ0n) is 14.7. The Morgan fingerprint density at radius 3 is 2.82 bits per heavy atom. The van der Waals surface area contributed by atoms with E-state index in [1.807, 2.05) is 0 Å². The predicted octanol–water partition coefficient (Wildman–Crippen LogP) is 2.46. The number of nitrogens with one attached hydrogen (secondary N) is 2. The van der Waals surface area contributed by atoms with Crippen LogP contribution in [0.4, 0.5) is 0 Å². The predicted molar refractivity (Wildman–Crippen MR) is 105 cm³/mol. The van der Waals surface area contributed by atoms with E-state index >= 15 is 0 Å². The van der Waals surface area contributed by atoms with Gasteiger partial charge in [0.25, 0.3) is 0 Å². The number of guanidine groups is 1. The van der Waals surface area contributed by atoms with Gasteiger partial charge in [-0.3, -0.25) is 4.99 Å². The average Bonchev–Trinajstić information content (AvgIpc) is 2.45. The first-order valence-corrected chi connectivity index (χ1v) is 8.45. The van der Waals surface area contributed by atoms with Crippen molar-refractivity contribution in [1.82, 2.24) is 15.5 Å². The molecule has 1 aliphatic heterocycles. The number of methoxy groups -OCH3 is 1. The number of piperidine rings is 1. The van der Waals surface area contributed by atoms with E-state index in [9.17, 15) is 0 Å². The van der Waals surface area contributed by atoms with Gasteiger partial charge in [0.2, 0.25) is 0 Å². The van der Waals surface area contributed by atoms with Crippen molar-refractivity contribution in [3.63, 3.8) is 0 Å². The molecule has 2 N–H and O–H groups in total. The van der Waals surface area contributed by atoms with Crippen molar-refractivity contribution in [2.24, 2.45) is 4.99 Å². The van der Waals surface area contributed by atoms with Crippen LogP contribution in [0.25, 0.3) is 0 Å². The van der Waals surface area contributed by atoms with Gasteiger partial charge in [-0.25, -0.2) is 0 Å². The van der Waals surface area contributed by atoms with Crippen molar-refractivity contribution in [3.8, 4) is 0 Å². The molecule has 2 atom stereocenters. The van der Waals surface area contributed by atoms with Crippen LogP contribution in [0.2, 0.25) is 0 Å². The van der Waals surface area contributed by atoms with E-state index in [1.165, 1.54) is 25.8 Å². The molecule has 0 bridgehead atoms. The summed E-state index contributed by atoms with van der Waals surface area (Å²) in [6, 6.07) is 1.02. The highest BCUT2D eigenvalue weighted by Gasteiger charge is 2.16. The molecule has 0 amide bonds. The van der Waals surface area contributed by atoms with Crippen LogP contribution < -0.4 is 10.6 Å². The third-order valence-corrected chi connectivity index (χ3v) is 3.96. The molecule has 1 aliphatic rings. The summed E-state index contributed by atoms with van der Waals surface area (Å²) < 4.78 is 5.15. The number of rotatable bonds is 8. The second kappa shape index (κ2) is 13.4. The van der Waals surface area contributed by atoms with Crippen molar-refractivity contribution < 1.29 is 4.74 Å². The lowest BCUT2D eigenvalue weighted by atomic mass is 10.0. The highest BCUT2D eigenvalue weighted by atomic mass is 127. The first kappa shape index (κ1) is 21.9. The quantitative estimate of drug-likeness (QED) is 0.271. The smallest absolute Gasteiger partial charge is 0.191 e. The van der Waals surface area contributed by atoms with Gasteiger partial charge in [-0.1, -0.05) is 6.42 Å². The maximum Gasteiger partial charge on any atom is 0.191 e. The van der Waals surface area contributed by atoms with E-state index in [0.717, 1.165) is 38.1 Å². The normalized spacial score (nSPS) is 21.1. The average molecular weight is 426 g/mol. The summed E-state index contributed by atoms with van der Waals surface area (Å²) in [4.78, 5) is 7.26. The van der Waals surface area contributed by atoms with Crippen LogP contribution in [0, 0.1) is 0 Å². The van der Waals surface area contributed by atoms with Crippen LogP contribution in [0.5, 0.6) is 0 Å². The van der Waals surface area contributed by atoms with Crippen molar-refractivity contribution in [2.75, 3.05) is 39.9 Å². The second-order valence-electron chi connectivity index (χ2n) is 6.00. The standard InChI is InChI=1S/C16H34N4O.HI/c1-5-17-16(19-14(2)13-21-4)18-10-8-12-20-11-7-6-9-15(20)3;/h14-15H,5-13H2,1-4H3,(H2,17,18,19);1H. The van der Waals surface area contributed by atoms with Gasteiger partial charge in [-0.05, 0) is 46.6 Å². The van der Waals surface area contributed by atoms with E-state index in [-0.39, 0.29) is 30.0 Å². The Kier molecular flexibility index (Phi) is 13.3. The van der Waals surface area contributed by atoms with Crippen LogP contribution in [-0.2, 0) is 4.74 Å². The number of ether oxygens (including phenoxy) is 1. The third kappa shape index (κ3) is 9.15. The number of hydrogen-bond donors (Lipinski definition) is 2. The fourth-order valence-corrected chi connectivity index (χ4v) is 2.80. The molecule has 0 aromatic carbocycles. The molecule has 0 spiro atoms. The minimum atomic E-state index is 0. The Morgan fingerprint density at radius 1 is 1.41 bits per heavy atom. The number of likely N-dealkylation sites (tertiary alicyclic amines) is 1. The summed E-state index contributed by atoms with van der Waals surface area (Å²) in [6.07, 6.45) is 5.22. The molecule has 6 heteroatoms. The van der Waals surface area contributed by atoms with E-state index < -0.39 is 0 Å². The van der Waals surface area contributed by atoms with E-state index in [4.69, 9.17) is 4.74 Å². The van der Waals surface area contributed by atoms with Gasteiger partial charge in [0, 0.05) is 38.8 Å². The van der Waals surface area contributed by atoms with Crippen LogP contribution in [0.1, 0.15) is 46.5 Å². The van der Waals surface area contributed by atoms with Gasteiger partial charge < -0.3 is 20.3 Å². The molecule has 1 fully saturated rings. The number of nitrogens with zero attached hydrogens (tertiary/aromatic N) is 2. The molecule has 1 heterocycles. The van der Waals surface area contributed by atoms with E-state index in [2.05, 4.69) is 41.3 Å². The van der Waals surface area contributed by atoms with Gasteiger partial charge in [0.15, 0.2) is 5.96 Å². The Labute approximate surface area is 153 Å². The molecule has 0 aromatic rings. The summed E-state index contributed by atoms with van der Waals surface area (Å²) in [5.74, 6) is 0.897. The molecule has 0 aliphatic carbocycles. The molecule has 132 valence electrons. The molecular formula is C16H35IN4O. The highest BCUT2D eigenvalue weighted by Crippen LogP contribution is 2.16. The minimum absolute atomic E-state index is 0. The Hall–Kier alpha value is -0.0800. The van der Waals surface area contributed by atoms with Gasteiger partial charge in [-0.2, -0.15) is 0 Å². The second-order valence-corrected chi connectivity index (χ2v) is 6.00. The number of hydrogen-bond acceptors (Lipinski definition) is 3. The summed E-state index contributed by atoms with van der Waals surface area (Å²) >= 11 is 0. The summed E-state index contributed by atoms with van der Waals surface area (Å²) in [5.41, 5.74) is 0. The first-order chi connectivity index (χ1) is 10.2. The lowest BCUT2D eigenvalue weighted by molar-refractivity contribution is 0.160. The van der Waals surface area contributed by atoms with Gasteiger partial charge in [0.05, 0.1) is 6.61 Å². The van der Waals surface area contributed by atoms with Crippen molar-refractivity contribution in [3.05, 3.63) is 0 Å². The number of aliphatic imine (C=N–C) groups is 1. The van der Waals surface area contributed by atoms with Crippen molar-refractivity contribution >= 4 is 29.9 Å². The van der Waals surface area contributed by atoms with Crippen LogP contribution in [0.15, 0.2) is 4.99 Å². The fourth-order valence-electron chi connectivity index (χ4n) is 2.80. The molecule has 0 saturated carbocycles. The topological polar surface area (TPSA) is 48.9 Å². The molecule has 0 aromatic heterocycles. The summed E-state index contributed by atoms with van der Waals surface area (Å²) in [7, 11) is 1.72. The SMILES string of the molecule is CCNC(=NCCCN1CCCCC1C)NC(C)COC.I. The molecule has 2 unspecified atom stereocenters. The van der Waals surface area contributed by atoms with Crippen LogP contribution >= 0.6 is 24.0 Å². The van der Waals surface area contributed by atoms with E-state index in [0.29, 0.717) is 6.61 Å². The first-order valence-electron chi connectivity index (χ1n) is 8.45. The van der Waals surface area contributed by atoms with Gasteiger partial charge in [0.1, 0.15) is 0 Å². The molecule has 1 rings (SSSR count). The maximum atomic E-state index is 5.15. The van der Waals surface area contributed by atoms with E-state index in [1.54, 1.807) is 7.11 Å². The molecular weight excluding hydrogens is 391 g/mol. The zero-order valence-corrected chi connectivity index (χ0v) is 17.1. The lowest BCUT2D eigenvalue weighted by Gasteiger charge is -2.33. The highest BCUT2D eigenvalue weighted by molar-refractivity contribution is 14.0. The van der Waals surface area contributed by atoms with Crippen LogP contribution in [0.3, 0.4) is 0 Å².